The van der Waals surface area contributed by atoms with Crippen molar-refractivity contribution in [3.8, 4) is 23.3 Å². The highest BCUT2D eigenvalue weighted by Crippen LogP contribution is 2.36. The van der Waals surface area contributed by atoms with Gasteiger partial charge in [0.2, 0.25) is 0 Å². The molecule has 0 saturated carbocycles. The van der Waals surface area contributed by atoms with E-state index >= 15 is 0 Å². The summed E-state index contributed by atoms with van der Waals surface area (Å²) in [5.41, 5.74) is 2.36. The zero-order valence-corrected chi connectivity index (χ0v) is 15.9. The highest BCUT2D eigenvalue weighted by molar-refractivity contribution is 6.32. The van der Waals surface area contributed by atoms with E-state index in [-0.39, 0.29) is 29.0 Å². The van der Waals surface area contributed by atoms with Gasteiger partial charge in [-0.25, -0.2) is 4.79 Å². The van der Waals surface area contributed by atoms with Crippen molar-refractivity contribution in [2.75, 3.05) is 13.7 Å². The molecule has 2 aromatic carbocycles. The first-order valence-electron chi connectivity index (χ1n) is 8.07. The van der Waals surface area contributed by atoms with Crippen molar-refractivity contribution in [1.29, 1.82) is 5.26 Å². The Hall–Kier alpha value is -2.71. The molecule has 0 saturated heterocycles. The van der Waals surface area contributed by atoms with E-state index in [1.54, 1.807) is 0 Å². The first-order valence-corrected chi connectivity index (χ1v) is 8.45. The molecule has 0 aliphatic carbocycles. The van der Waals surface area contributed by atoms with Crippen molar-refractivity contribution in [1.82, 2.24) is 0 Å². The lowest BCUT2D eigenvalue weighted by atomic mass is 10.0. The summed E-state index contributed by atoms with van der Waals surface area (Å²) in [7, 11) is 1.41. The van der Waals surface area contributed by atoms with Crippen LogP contribution >= 0.6 is 11.6 Å². The topological polar surface area (TPSA) is 68.5 Å². The van der Waals surface area contributed by atoms with E-state index in [0.717, 1.165) is 11.1 Å². The molecule has 0 atom stereocenters. The highest BCUT2D eigenvalue weighted by Gasteiger charge is 2.17. The van der Waals surface area contributed by atoms with E-state index in [1.165, 1.54) is 19.2 Å². The predicted octanol–water partition coefficient (Wildman–Crippen LogP) is 4.64. The number of carbonyl (C=O) groups is 1. The smallest absolute Gasteiger partial charge is 0.349 e. The standard InChI is InChI=1S/C20H20ClNO4/c1-12(2)15-6-5-13(3)7-17(15)25-11-19(23)26-20-16(21)8-14(10-22)9-18(20)24-4/h5-9,12H,11H2,1-4H3. The molecule has 2 rings (SSSR count). The van der Waals surface area contributed by atoms with E-state index in [4.69, 9.17) is 31.1 Å². The number of hydrogen-bond donors (Lipinski definition) is 0. The molecular weight excluding hydrogens is 354 g/mol. The molecule has 0 aliphatic rings. The maximum atomic E-state index is 12.2. The van der Waals surface area contributed by atoms with Crippen LogP contribution in [-0.4, -0.2) is 19.7 Å². The number of rotatable bonds is 6. The van der Waals surface area contributed by atoms with Crippen LogP contribution in [0.25, 0.3) is 0 Å². The zero-order valence-electron chi connectivity index (χ0n) is 15.1. The Morgan fingerprint density at radius 2 is 1.96 bits per heavy atom. The maximum absolute atomic E-state index is 12.2. The van der Waals surface area contributed by atoms with Gasteiger partial charge in [0.1, 0.15) is 5.75 Å². The van der Waals surface area contributed by atoms with Gasteiger partial charge in [-0.05, 0) is 36.1 Å². The monoisotopic (exact) mass is 373 g/mol. The number of hydrogen-bond acceptors (Lipinski definition) is 5. The van der Waals surface area contributed by atoms with Gasteiger partial charge in [0.15, 0.2) is 18.1 Å². The third-order valence-electron chi connectivity index (χ3n) is 3.71. The first kappa shape index (κ1) is 19.6. The Morgan fingerprint density at radius 1 is 1.23 bits per heavy atom. The van der Waals surface area contributed by atoms with Crippen LogP contribution < -0.4 is 14.2 Å². The molecule has 0 spiro atoms. The lowest BCUT2D eigenvalue weighted by Gasteiger charge is -2.15. The Morgan fingerprint density at radius 3 is 2.58 bits per heavy atom. The summed E-state index contributed by atoms with van der Waals surface area (Å²) < 4.78 is 16.1. The second kappa shape index (κ2) is 8.59. The van der Waals surface area contributed by atoms with Crippen LogP contribution in [0.5, 0.6) is 17.2 Å². The number of nitriles is 1. The van der Waals surface area contributed by atoms with Gasteiger partial charge in [-0.1, -0.05) is 37.6 Å². The third-order valence-corrected chi connectivity index (χ3v) is 3.99. The minimum absolute atomic E-state index is 0.0649. The second-order valence-electron chi connectivity index (χ2n) is 6.06. The van der Waals surface area contributed by atoms with Crippen molar-refractivity contribution in [3.05, 3.63) is 52.0 Å². The molecule has 0 aromatic heterocycles. The minimum Gasteiger partial charge on any atom is -0.493 e. The van der Waals surface area contributed by atoms with Gasteiger partial charge in [-0.3, -0.25) is 0 Å². The fourth-order valence-electron chi connectivity index (χ4n) is 2.41. The quantitative estimate of drug-likeness (QED) is 0.545. The molecule has 0 amide bonds. The van der Waals surface area contributed by atoms with Gasteiger partial charge < -0.3 is 14.2 Å². The van der Waals surface area contributed by atoms with Crippen LogP contribution in [0.15, 0.2) is 30.3 Å². The molecule has 0 fully saturated rings. The minimum atomic E-state index is -0.619. The summed E-state index contributed by atoms with van der Waals surface area (Å²) >= 11 is 6.09. The molecule has 0 bridgehead atoms. The molecule has 0 unspecified atom stereocenters. The average molecular weight is 374 g/mol. The van der Waals surface area contributed by atoms with E-state index in [9.17, 15) is 4.79 Å². The van der Waals surface area contributed by atoms with Gasteiger partial charge in [0.05, 0.1) is 23.8 Å². The lowest BCUT2D eigenvalue weighted by molar-refractivity contribution is -0.136. The Bertz CT molecular complexity index is 856. The van der Waals surface area contributed by atoms with Crippen molar-refractivity contribution in [3.63, 3.8) is 0 Å². The number of halogens is 1. The van der Waals surface area contributed by atoms with Crippen LogP contribution in [0.2, 0.25) is 5.02 Å². The summed E-state index contributed by atoms with van der Waals surface area (Å²) in [6, 6.07) is 10.7. The number of benzene rings is 2. The number of ether oxygens (including phenoxy) is 3. The summed E-state index contributed by atoms with van der Waals surface area (Å²) in [6.07, 6.45) is 0. The summed E-state index contributed by atoms with van der Waals surface area (Å²) in [6.45, 7) is 5.79. The second-order valence-corrected chi connectivity index (χ2v) is 6.47. The number of methoxy groups -OCH3 is 1. The number of nitrogens with zero attached hydrogens (tertiary/aromatic N) is 1. The SMILES string of the molecule is COc1cc(C#N)cc(Cl)c1OC(=O)COc1cc(C)ccc1C(C)C. The van der Waals surface area contributed by atoms with Crippen LogP contribution in [0.4, 0.5) is 0 Å². The molecule has 6 heteroatoms. The molecule has 26 heavy (non-hydrogen) atoms. The number of carbonyl (C=O) groups excluding carboxylic acids is 1. The van der Waals surface area contributed by atoms with Gasteiger partial charge in [0.25, 0.3) is 0 Å². The third kappa shape index (κ3) is 4.68. The fraction of sp³-hybridized carbons (Fsp3) is 0.300. The van der Waals surface area contributed by atoms with Crippen molar-refractivity contribution in [2.24, 2.45) is 0 Å². The van der Waals surface area contributed by atoms with Crippen molar-refractivity contribution < 1.29 is 19.0 Å². The van der Waals surface area contributed by atoms with E-state index < -0.39 is 5.97 Å². The maximum Gasteiger partial charge on any atom is 0.349 e. The fourth-order valence-corrected chi connectivity index (χ4v) is 2.66. The van der Waals surface area contributed by atoms with Crippen LogP contribution in [-0.2, 0) is 4.79 Å². The Balaban J connectivity index is 2.14. The molecule has 0 N–H and O–H groups in total. The molecule has 0 radical (unpaired) electrons. The molecule has 2 aromatic rings. The summed E-state index contributed by atoms with van der Waals surface area (Å²) in [4.78, 5) is 12.2. The number of aryl methyl sites for hydroxylation is 1. The molecule has 0 heterocycles. The van der Waals surface area contributed by atoms with Crippen LogP contribution in [0.3, 0.4) is 0 Å². The van der Waals surface area contributed by atoms with Gasteiger partial charge >= 0.3 is 5.97 Å². The highest BCUT2D eigenvalue weighted by atomic mass is 35.5. The van der Waals surface area contributed by atoms with E-state index in [2.05, 4.69) is 13.8 Å². The van der Waals surface area contributed by atoms with Crippen molar-refractivity contribution in [2.45, 2.75) is 26.7 Å². The van der Waals surface area contributed by atoms with E-state index in [0.29, 0.717) is 11.3 Å². The lowest BCUT2D eigenvalue weighted by Crippen LogP contribution is -2.19. The molecule has 0 aliphatic heterocycles. The largest absolute Gasteiger partial charge is 0.493 e. The zero-order chi connectivity index (χ0) is 19.3. The molecular formula is C20H20ClNO4. The van der Waals surface area contributed by atoms with Gasteiger partial charge in [-0.2, -0.15) is 5.26 Å². The summed E-state index contributed by atoms with van der Waals surface area (Å²) in [5, 5.41) is 9.08. The Labute approximate surface area is 158 Å². The van der Waals surface area contributed by atoms with Gasteiger partial charge in [-0.15, -0.1) is 0 Å². The first-order chi connectivity index (χ1) is 12.3. The van der Waals surface area contributed by atoms with E-state index in [1.807, 2.05) is 31.2 Å². The summed E-state index contributed by atoms with van der Waals surface area (Å²) in [5.74, 6) is 0.562. The van der Waals surface area contributed by atoms with Crippen LogP contribution in [0, 0.1) is 18.3 Å². The normalized spacial score (nSPS) is 10.3. The average Bonchev–Trinajstić information content (AvgIpc) is 2.61. The molecule has 136 valence electrons. The predicted molar refractivity (Wildman–Crippen MR) is 99.1 cm³/mol. The molecule has 5 nitrogen and oxygen atoms in total. The van der Waals surface area contributed by atoms with Crippen LogP contribution in [0.1, 0.15) is 36.5 Å². The number of esters is 1. The van der Waals surface area contributed by atoms with Gasteiger partial charge in [0, 0.05) is 6.07 Å². The Kier molecular flexibility index (Phi) is 6.48. The van der Waals surface area contributed by atoms with Crippen molar-refractivity contribution >= 4 is 17.6 Å².